The normalized spacial score (nSPS) is 12.1. The van der Waals surface area contributed by atoms with Gasteiger partial charge in [0.05, 0.1) is 0 Å². The molecular formula is C18H23NOS. The molecule has 0 saturated carbocycles. The molecule has 0 amide bonds. The Labute approximate surface area is 131 Å². The zero-order valence-electron chi connectivity index (χ0n) is 12.9. The van der Waals surface area contributed by atoms with Crippen molar-refractivity contribution in [3.05, 3.63) is 54.1 Å². The van der Waals surface area contributed by atoms with Crippen molar-refractivity contribution < 1.29 is 4.74 Å². The standard InChI is InChI=1S/C18H23NOS/c1-4-18(19-5-2)14-7-6-8-16(13-14)20-15-9-11-17(21-3)12-10-15/h6-13,18-19H,4-5H2,1-3H3. The molecule has 0 aliphatic rings. The fourth-order valence-corrected chi connectivity index (χ4v) is 2.73. The highest BCUT2D eigenvalue weighted by molar-refractivity contribution is 7.98. The molecule has 21 heavy (non-hydrogen) atoms. The summed E-state index contributed by atoms with van der Waals surface area (Å²) in [6.07, 6.45) is 3.14. The van der Waals surface area contributed by atoms with Crippen molar-refractivity contribution in [2.24, 2.45) is 0 Å². The Morgan fingerprint density at radius 1 is 1.05 bits per heavy atom. The first-order valence-electron chi connectivity index (χ1n) is 7.42. The smallest absolute Gasteiger partial charge is 0.127 e. The SMILES string of the molecule is CCNC(CC)c1cccc(Oc2ccc(SC)cc2)c1. The predicted molar refractivity (Wildman–Crippen MR) is 91.4 cm³/mol. The van der Waals surface area contributed by atoms with Gasteiger partial charge >= 0.3 is 0 Å². The molecule has 2 nitrogen and oxygen atoms in total. The van der Waals surface area contributed by atoms with Crippen LogP contribution in [-0.4, -0.2) is 12.8 Å². The van der Waals surface area contributed by atoms with Crippen molar-refractivity contribution in [3.8, 4) is 11.5 Å². The van der Waals surface area contributed by atoms with Crippen molar-refractivity contribution in [3.63, 3.8) is 0 Å². The fraction of sp³-hybridized carbons (Fsp3) is 0.333. The molecule has 1 atom stereocenters. The summed E-state index contributed by atoms with van der Waals surface area (Å²) in [5.41, 5.74) is 1.28. The molecule has 2 aromatic rings. The quantitative estimate of drug-likeness (QED) is 0.705. The van der Waals surface area contributed by atoms with Crippen LogP contribution < -0.4 is 10.1 Å². The molecule has 3 heteroatoms. The van der Waals surface area contributed by atoms with Gasteiger partial charge in [0.25, 0.3) is 0 Å². The van der Waals surface area contributed by atoms with Gasteiger partial charge in [0.2, 0.25) is 0 Å². The summed E-state index contributed by atoms with van der Waals surface area (Å²) in [6, 6.07) is 16.9. The molecule has 0 saturated heterocycles. The van der Waals surface area contributed by atoms with E-state index in [1.54, 1.807) is 11.8 Å². The van der Waals surface area contributed by atoms with Crippen LogP contribution in [0.25, 0.3) is 0 Å². The Bertz CT molecular complexity index is 553. The largest absolute Gasteiger partial charge is 0.457 e. The van der Waals surface area contributed by atoms with Gasteiger partial charge in [-0.25, -0.2) is 0 Å². The Balaban J connectivity index is 2.12. The maximum Gasteiger partial charge on any atom is 0.127 e. The molecule has 0 aliphatic heterocycles. The van der Waals surface area contributed by atoms with E-state index in [0.29, 0.717) is 6.04 Å². The monoisotopic (exact) mass is 301 g/mol. The average Bonchev–Trinajstić information content (AvgIpc) is 2.53. The molecular weight excluding hydrogens is 278 g/mol. The van der Waals surface area contributed by atoms with E-state index in [1.807, 2.05) is 18.2 Å². The third-order valence-corrected chi connectivity index (χ3v) is 4.16. The third kappa shape index (κ3) is 4.51. The topological polar surface area (TPSA) is 21.3 Å². The third-order valence-electron chi connectivity index (χ3n) is 3.41. The van der Waals surface area contributed by atoms with Crippen LogP contribution in [0.5, 0.6) is 11.5 Å². The van der Waals surface area contributed by atoms with Gasteiger partial charge in [0.15, 0.2) is 0 Å². The molecule has 0 fully saturated rings. The molecule has 0 aliphatic carbocycles. The van der Waals surface area contributed by atoms with Gasteiger partial charge in [-0.2, -0.15) is 0 Å². The van der Waals surface area contributed by atoms with Gasteiger partial charge in [-0.05, 0) is 61.2 Å². The van der Waals surface area contributed by atoms with Crippen molar-refractivity contribution in [2.75, 3.05) is 12.8 Å². The molecule has 0 aromatic heterocycles. The van der Waals surface area contributed by atoms with Crippen molar-refractivity contribution in [2.45, 2.75) is 31.2 Å². The van der Waals surface area contributed by atoms with E-state index >= 15 is 0 Å². The van der Waals surface area contributed by atoms with Crippen LogP contribution in [0.2, 0.25) is 0 Å². The van der Waals surface area contributed by atoms with Gasteiger partial charge in [-0.3, -0.25) is 0 Å². The zero-order chi connectivity index (χ0) is 15.1. The summed E-state index contributed by atoms with van der Waals surface area (Å²) in [5.74, 6) is 1.77. The highest BCUT2D eigenvalue weighted by Gasteiger charge is 2.08. The van der Waals surface area contributed by atoms with E-state index in [2.05, 4.69) is 55.8 Å². The molecule has 1 unspecified atom stereocenters. The molecule has 0 bridgehead atoms. The Morgan fingerprint density at radius 3 is 2.43 bits per heavy atom. The number of benzene rings is 2. The van der Waals surface area contributed by atoms with Crippen molar-refractivity contribution in [1.82, 2.24) is 5.32 Å². The molecule has 2 aromatic carbocycles. The second-order valence-electron chi connectivity index (χ2n) is 4.87. The molecule has 0 spiro atoms. The van der Waals surface area contributed by atoms with Crippen LogP contribution in [0.1, 0.15) is 31.9 Å². The van der Waals surface area contributed by atoms with Crippen LogP contribution in [0.3, 0.4) is 0 Å². The van der Waals surface area contributed by atoms with E-state index in [4.69, 9.17) is 4.74 Å². The lowest BCUT2D eigenvalue weighted by Gasteiger charge is -2.17. The lowest BCUT2D eigenvalue weighted by molar-refractivity contribution is 0.477. The van der Waals surface area contributed by atoms with Crippen LogP contribution in [0.4, 0.5) is 0 Å². The Hall–Kier alpha value is -1.45. The van der Waals surface area contributed by atoms with Gasteiger partial charge in [0, 0.05) is 10.9 Å². The molecule has 1 N–H and O–H groups in total. The first-order valence-corrected chi connectivity index (χ1v) is 8.64. The highest BCUT2D eigenvalue weighted by Crippen LogP contribution is 2.27. The maximum atomic E-state index is 5.95. The lowest BCUT2D eigenvalue weighted by Crippen LogP contribution is -2.19. The number of nitrogens with one attached hydrogen (secondary N) is 1. The highest BCUT2D eigenvalue weighted by atomic mass is 32.2. The maximum absolute atomic E-state index is 5.95. The molecule has 0 radical (unpaired) electrons. The minimum Gasteiger partial charge on any atom is -0.457 e. The average molecular weight is 301 g/mol. The molecule has 0 heterocycles. The molecule has 2 rings (SSSR count). The van der Waals surface area contributed by atoms with Gasteiger partial charge in [0.1, 0.15) is 11.5 Å². The summed E-state index contributed by atoms with van der Waals surface area (Å²) in [7, 11) is 0. The summed E-state index contributed by atoms with van der Waals surface area (Å²) >= 11 is 1.73. The summed E-state index contributed by atoms with van der Waals surface area (Å²) in [6.45, 7) is 5.30. The summed E-state index contributed by atoms with van der Waals surface area (Å²) < 4.78 is 5.95. The first kappa shape index (κ1) is 15.9. The van der Waals surface area contributed by atoms with Crippen LogP contribution in [0.15, 0.2) is 53.4 Å². The number of thioether (sulfide) groups is 1. The second-order valence-corrected chi connectivity index (χ2v) is 5.75. The van der Waals surface area contributed by atoms with Gasteiger partial charge < -0.3 is 10.1 Å². The van der Waals surface area contributed by atoms with E-state index in [0.717, 1.165) is 24.5 Å². The number of hydrogen-bond donors (Lipinski definition) is 1. The zero-order valence-corrected chi connectivity index (χ0v) is 13.7. The van der Waals surface area contributed by atoms with E-state index in [1.165, 1.54) is 10.5 Å². The number of ether oxygens (including phenoxy) is 1. The van der Waals surface area contributed by atoms with E-state index < -0.39 is 0 Å². The summed E-state index contributed by atoms with van der Waals surface area (Å²) in [5, 5.41) is 3.50. The Morgan fingerprint density at radius 2 is 1.81 bits per heavy atom. The fourth-order valence-electron chi connectivity index (χ4n) is 2.32. The van der Waals surface area contributed by atoms with Crippen LogP contribution in [-0.2, 0) is 0 Å². The van der Waals surface area contributed by atoms with Gasteiger partial charge in [-0.1, -0.05) is 26.0 Å². The minimum atomic E-state index is 0.386. The predicted octanol–water partition coefficient (Wildman–Crippen LogP) is 5.26. The number of rotatable bonds is 7. The minimum absolute atomic E-state index is 0.386. The van der Waals surface area contributed by atoms with E-state index in [-0.39, 0.29) is 0 Å². The molecule has 112 valence electrons. The van der Waals surface area contributed by atoms with Crippen LogP contribution >= 0.6 is 11.8 Å². The van der Waals surface area contributed by atoms with E-state index in [9.17, 15) is 0 Å². The number of hydrogen-bond acceptors (Lipinski definition) is 3. The Kier molecular flexibility index (Phi) is 6.15. The van der Waals surface area contributed by atoms with Crippen molar-refractivity contribution in [1.29, 1.82) is 0 Å². The van der Waals surface area contributed by atoms with Crippen LogP contribution in [0, 0.1) is 0 Å². The van der Waals surface area contributed by atoms with Gasteiger partial charge in [-0.15, -0.1) is 11.8 Å². The lowest BCUT2D eigenvalue weighted by atomic mass is 10.0. The first-order chi connectivity index (χ1) is 10.3. The van der Waals surface area contributed by atoms with Crippen molar-refractivity contribution >= 4 is 11.8 Å². The second kappa shape index (κ2) is 8.11. The summed E-state index contributed by atoms with van der Waals surface area (Å²) in [4.78, 5) is 1.24.